The van der Waals surface area contributed by atoms with Gasteiger partial charge in [-0.3, -0.25) is 14.2 Å². The van der Waals surface area contributed by atoms with Crippen molar-refractivity contribution in [2.45, 2.75) is 23.2 Å². The molecule has 1 atom stereocenters. The highest BCUT2D eigenvalue weighted by molar-refractivity contribution is 7.99. The number of carbonyl (C=O) groups is 1. The number of thiazole rings is 1. The third-order valence-corrected chi connectivity index (χ3v) is 8.44. The van der Waals surface area contributed by atoms with E-state index in [9.17, 15) is 9.59 Å². The van der Waals surface area contributed by atoms with Crippen LogP contribution in [0.3, 0.4) is 0 Å². The Bertz CT molecular complexity index is 1820. The topological polar surface area (TPSA) is 102 Å². The zero-order valence-corrected chi connectivity index (χ0v) is 22.3. The van der Waals surface area contributed by atoms with Crippen LogP contribution in [0.4, 0.5) is 5.69 Å². The van der Waals surface area contributed by atoms with E-state index < -0.39 is 6.04 Å². The Balaban J connectivity index is 1.39. The predicted molar refractivity (Wildman–Crippen MR) is 148 cm³/mol. The Kier molecular flexibility index (Phi) is 6.62. The summed E-state index contributed by atoms with van der Waals surface area (Å²) in [5.74, 6) is 0.236. The number of allylic oxidation sites excluding steroid dienone is 1. The number of amides is 1. The molecule has 6 rings (SSSR count). The minimum Gasteiger partial charge on any atom is -0.450 e. The normalized spacial score (nSPS) is 15.3. The van der Waals surface area contributed by atoms with Crippen molar-refractivity contribution in [3.05, 3.63) is 120 Å². The largest absolute Gasteiger partial charge is 0.450 e. The number of carbonyl (C=O) groups excluding carboxylic acids is 1. The second kappa shape index (κ2) is 10.4. The molecule has 4 aromatic heterocycles. The molecule has 11 heteroatoms. The van der Waals surface area contributed by atoms with Gasteiger partial charge in [-0.15, -0.1) is 11.3 Å². The summed E-state index contributed by atoms with van der Waals surface area (Å²) in [6.45, 7) is 1.80. The Labute approximate surface area is 228 Å². The lowest BCUT2D eigenvalue weighted by atomic mass is 10.0. The average Bonchev–Trinajstić information content (AvgIpc) is 3.67. The number of anilines is 1. The van der Waals surface area contributed by atoms with Crippen molar-refractivity contribution in [3.8, 4) is 0 Å². The van der Waals surface area contributed by atoms with E-state index in [0.717, 1.165) is 4.88 Å². The molecule has 0 unspecified atom stereocenters. The van der Waals surface area contributed by atoms with Gasteiger partial charge in [0, 0.05) is 29.0 Å². The van der Waals surface area contributed by atoms with Crippen molar-refractivity contribution in [3.63, 3.8) is 0 Å². The van der Waals surface area contributed by atoms with Crippen molar-refractivity contribution < 1.29 is 9.21 Å². The zero-order valence-electron chi connectivity index (χ0n) is 19.9. The Morgan fingerprint density at radius 1 is 1.08 bits per heavy atom. The molecular weight excluding hydrogens is 539 g/mol. The number of rotatable bonds is 6. The lowest BCUT2D eigenvalue weighted by Crippen LogP contribution is -2.40. The van der Waals surface area contributed by atoms with Crippen molar-refractivity contribution in [2.24, 2.45) is 4.99 Å². The van der Waals surface area contributed by atoms with E-state index >= 15 is 0 Å². The van der Waals surface area contributed by atoms with Crippen molar-refractivity contribution in [1.82, 2.24) is 14.5 Å². The molecule has 0 saturated heterocycles. The molecule has 0 bridgehead atoms. The molecule has 1 amide bonds. The number of fused-ring (bicyclic) bond motifs is 1. The molecule has 5 aromatic rings. The molecule has 1 aliphatic rings. The number of furan rings is 1. The van der Waals surface area contributed by atoms with E-state index in [4.69, 9.17) is 4.42 Å². The molecule has 0 aliphatic carbocycles. The number of hydrogen-bond acceptors (Lipinski definition) is 9. The molecular formula is C27H19N5O3S3. The first kappa shape index (κ1) is 24.3. The first-order valence-corrected chi connectivity index (χ1v) is 14.0. The fourth-order valence-corrected chi connectivity index (χ4v) is 6.60. The van der Waals surface area contributed by atoms with Gasteiger partial charge < -0.3 is 9.73 Å². The van der Waals surface area contributed by atoms with Crippen LogP contribution in [-0.2, 0) is 4.79 Å². The molecule has 38 heavy (non-hydrogen) atoms. The van der Waals surface area contributed by atoms with Gasteiger partial charge in [0.15, 0.2) is 15.1 Å². The van der Waals surface area contributed by atoms with Crippen LogP contribution in [0.25, 0.3) is 6.08 Å². The highest BCUT2D eigenvalue weighted by Crippen LogP contribution is 2.33. The Morgan fingerprint density at radius 3 is 2.66 bits per heavy atom. The summed E-state index contributed by atoms with van der Waals surface area (Å²) >= 11 is 4.06. The molecule has 1 aromatic carbocycles. The minimum absolute atomic E-state index is 0.235. The minimum atomic E-state index is -0.588. The maximum absolute atomic E-state index is 13.7. The van der Waals surface area contributed by atoms with E-state index in [0.29, 0.717) is 42.3 Å². The van der Waals surface area contributed by atoms with E-state index in [1.54, 1.807) is 42.1 Å². The van der Waals surface area contributed by atoms with Crippen LogP contribution in [0.5, 0.6) is 0 Å². The fourth-order valence-electron chi connectivity index (χ4n) is 4.07. The van der Waals surface area contributed by atoms with Crippen LogP contribution in [0.2, 0.25) is 0 Å². The fraction of sp³-hybridized carbons (Fsp3) is 0.0741. The number of hydrogen-bond donors (Lipinski definition) is 1. The Hall–Kier alpha value is -4.06. The van der Waals surface area contributed by atoms with Crippen LogP contribution < -0.4 is 20.2 Å². The standard InChI is InChI=1S/C27H19N5O3S3/c1-16-22(24(33)31-17-7-3-2-4-8-17)23(19-9-5-14-36-19)32-25(34)20(37-27(32)30-16)15-18-10-11-21(35-18)38-26-28-12-6-13-29-26/h2-15,23H,1H3,(H,31,33)/b20-15+/t23-/m0/s1. The highest BCUT2D eigenvalue weighted by atomic mass is 32.2. The highest BCUT2D eigenvalue weighted by Gasteiger charge is 2.33. The molecule has 8 nitrogen and oxygen atoms in total. The van der Waals surface area contributed by atoms with Crippen molar-refractivity contribution in [1.29, 1.82) is 0 Å². The van der Waals surface area contributed by atoms with E-state index in [-0.39, 0.29) is 11.5 Å². The molecule has 0 saturated carbocycles. The number of thiophene rings is 1. The van der Waals surface area contributed by atoms with Gasteiger partial charge in [-0.05, 0) is 60.5 Å². The summed E-state index contributed by atoms with van der Waals surface area (Å²) < 4.78 is 7.97. The quantitative estimate of drug-likeness (QED) is 0.309. The van der Waals surface area contributed by atoms with Crippen LogP contribution in [-0.4, -0.2) is 20.4 Å². The number of nitrogens with zero attached hydrogens (tertiary/aromatic N) is 4. The van der Waals surface area contributed by atoms with Gasteiger partial charge in [0.05, 0.1) is 15.8 Å². The molecule has 0 spiro atoms. The van der Waals surface area contributed by atoms with Gasteiger partial charge in [0.2, 0.25) is 0 Å². The number of para-hydroxylation sites is 1. The van der Waals surface area contributed by atoms with E-state index in [1.807, 2.05) is 53.9 Å². The van der Waals surface area contributed by atoms with E-state index in [1.165, 1.54) is 34.4 Å². The molecule has 1 aliphatic heterocycles. The predicted octanol–water partition coefficient (Wildman–Crippen LogP) is 4.47. The van der Waals surface area contributed by atoms with Crippen LogP contribution in [0.1, 0.15) is 23.6 Å². The van der Waals surface area contributed by atoms with Gasteiger partial charge in [-0.2, -0.15) is 0 Å². The van der Waals surface area contributed by atoms with Crippen LogP contribution in [0, 0.1) is 0 Å². The van der Waals surface area contributed by atoms with Crippen LogP contribution >= 0.6 is 34.4 Å². The van der Waals surface area contributed by atoms with Gasteiger partial charge in [0.1, 0.15) is 11.8 Å². The molecule has 188 valence electrons. The van der Waals surface area contributed by atoms with Crippen molar-refractivity contribution >= 4 is 52.1 Å². The molecule has 5 heterocycles. The second-order valence-corrected chi connectivity index (χ2v) is 11.2. The summed E-state index contributed by atoms with van der Waals surface area (Å²) in [7, 11) is 0. The van der Waals surface area contributed by atoms with Gasteiger partial charge in [-0.1, -0.05) is 35.6 Å². The maximum atomic E-state index is 13.7. The monoisotopic (exact) mass is 557 g/mol. The summed E-state index contributed by atoms with van der Waals surface area (Å²) in [4.78, 5) is 41.7. The lowest BCUT2D eigenvalue weighted by molar-refractivity contribution is -0.113. The first-order chi connectivity index (χ1) is 18.6. The average molecular weight is 558 g/mol. The smallest absolute Gasteiger partial charge is 0.271 e. The number of nitrogens with one attached hydrogen (secondary N) is 1. The third kappa shape index (κ3) is 4.78. The van der Waals surface area contributed by atoms with Crippen LogP contribution in [0.15, 0.2) is 114 Å². The van der Waals surface area contributed by atoms with Gasteiger partial charge in [0.25, 0.3) is 11.5 Å². The van der Waals surface area contributed by atoms with Gasteiger partial charge >= 0.3 is 0 Å². The summed E-state index contributed by atoms with van der Waals surface area (Å²) in [5, 5.41) is 6.07. The number of aromatic nitrogens is 3. The van der Waals surface area contributed by atoms with Gasteiger partial charge in [-0.25, -0.2) is 15.0 Å². The third-order valence-electron chi connectivity index (χ3n) is 5.72. The Morgan fingerprint density at radius 2 is 1.89 bits per heavy atom. The second-order valence-electron chi connectivity index (χ2n) is 8.21. The maximum Gasteiger partial charge on any atom is 0.271 e. The number of benzene rings is 1. The zero-order chi connectivity index (χ0) is 26.1. The molecule has 0 fully saturated rings. The van der Waals surface area contributed by atoms with Crippen molar-refractivity contribution in [2.75, 3.05) is 5.32 Å². The summed E-state index contributed by atoms with van der Waals surface area (Å²) in [6.07, 6.45) is 5.04. The summed E-state index contributed by atoms with van der Waals surface area (Å²) in [5.41, 5.74) is 1.45. The first-order valence-electron chi connectivity index (χ1n) is 11.5. The SMILES string of the molecule is CC1=C(C(=O)Nc2ccccc2)[C@H](c2cccs2)n2c(s/c(=C/c3ccc(Sc4ncccn4)o3)c2=O)=N1. The molecule has 1 N–H and O–H groups in total. The lowest BCUT2D eigenvalue weighted by Gasteiger charge is -2.24. The summed E-state index contributed by atoms with van der Waals surface area (Å²) in [6, 6.07) is 17.9. The van der Waals surface area contributed by atoms with E-state index in [2.05, 4.69) is 20.3 Å². The molecule has 0 radical (unpaired) electrons.